The van der Waals surface area contributed by atoms with Crippen LogP contribution in [0.15, 0.2) is 12.1 Å². The molecule has 2 atom stereocenters. The van der Waals surface area contributed by atoms with E-state index in [0.717, 1.165) is 24.2 Å². The number of alkyl halides is 1. The molecule has 1 fully saturated rings. The molecule has 2 aromatic rings. The second-order valence-electron chi connectivity index (χ2n) is 5.15. The van der Waals surface area contributed by atoms with Gasteiger partial charge in [-0.15, -0.1) is 11.6 Å². The van der Waals surface area contributed by atoms with Crippen molar-refractivity contribution in [1.29, 1.82) is 0 Å². The quantitative estimate of drug-likeness (QED) is 0.772. The Morgan fingerprint density at radius 2 is 2.30 bits per heavy atom. The normalized spacial score (nSPS) is 23.4. The van der Waals surface area contributed by atoms with Gasteiger partial charge in [-0.3, -0.25) is 0 Å². The summed E-state index contributed by atoms with van der Waals surface area (Å²) in [6, 6.07) is 3.27. The first kappa shape index (κ1) is 14.1. The maximum absolute atomic E-state index is 13.6. The van der Waals surface area contributed by atoms with E-state index in [9.17, 15) is 4.39 Å². The van der Waals surface area contributed by atoms with Gasteiger partial charge >= 0.3 is 0 Å². The third-order valence-corrected chi connectivity index (χ3v) is 4.28. The van der Waals surface area contributed by atoms with E-state index >= 15 is 0 Å². The van der Waals surface area contributed by atoms with Crippen LogP contribution >= 0.6 is 23.2 Å². The fourth-order valence-electron chi connectivity index (χ4n) is 2.85. The molecule has 2 heterocycles. The van der Waals surface area contributed by atoms with Crippen LogP contribution in [-0.2, 0) is 10.6 Å². The Bertz CT molecular complexity index is 644. The van der Waals surface area contributed by atoms with Gasteiger partial charge in [-0.05, 0) is 25.8 Å². The summed E-state index contributed by atoms with van der Waals surface area (Å²) >= 11 is 11.9. The highest BCUT2D eigenvalue weighted by molar-refractivity contribution is 6.31. The van der Waals surface area contributed by atoms with Crippen LogP contribution in [0.4, 0.5) is 4.39 Å². The van der Waals surface area contributed by atoms with E-state index in [0.29, 0.717) is 18.0 Å². The lowest BCUT2D eigenvalue weighted by molar-refractivity contribution is 0.00633. The van der Waals surface area contributed by atoms with E-state index in [1.54, 1.807) is 6.07 Å². The standard InChI is InChI=1S/C14H15Cl2FN2O/c1-8-4-9(2-3-20-8)19-13-5-10(16)11(17)6-12(13)18-14(19)7-15/h5-6,8-9H,2-4,7H2,1H3. The largest absolute Gasteiger partial charge is 0.378 e. The van der Waals surface area contributed by atoms with Crippen LogP contribution in [0.5, 0.6) is 0 Å². The molecule has 1 aliphatic rings. The summed E-state index contributed by atoms with van der Waals surface area (Å²) in [7, 11) is 0. The first-order chi connectivity index (χ1) is 9.60. The van der Waals surface area contributed by atoms with E-state index < -0.39 is 5.82 Å². The van der Waals surface area contributed by atoms with Gasteiger partial charge in [0.1, 0.15) is 11.6 Å². The Kier molecular flexibility index (Phi) is 3.89. The third kappa shape index (κ3) is 2.41. The molecule has 3 rings (SSSR count). The summed E-state index contributed by atoms with van der Waals surface area (Å²) < 4.78 is 21.2. The van der Waals surface area contributed by atoms with Gasteiger partial charge in [0.15, 0.2) is 0 Å². The fraction of sp³-hybridized carbons (Fsp3) is 0.500. The highest BCUT2D eigenvalue weighted by Crippen LogP contribution is 2.32. The van der Waals surface area contributed by atoms with Crippen molar-refractivity contribution < 1.29 is 9.13 Å². The van der Waals surface area contributed by atoms with Crippen LogP contribution in [0.1, 0.15) is 31.6 Å². The highest BCUT2D eigenvalue weighted by atomic mass is 35.5. The van der Waals surface area contributed by atoms with Gasteiger partial charge in [-0.25, -0.2) is 9.37 Å². The molecular weight excluding hydrogens is 302 g/mol. The van der Waals surface area contributed by atoms with Crippen LogP contribution < -0.4 is 0 Å². The Morgan fingerprint density at radius 1 is 1.50 bits per heavy atom. The molecule has 0 aliphatic carbocycles. The van der Waals surface area contributed by atoms with E-state index in [1.165, 1.54) is 6.07 Å². The van der Waals surface area contributed by atoms with Crippen molar-refractivity contribution in [3.8, 4) is 0 Å². The molecule has 1 aliphatic heterocycles. The predicted octanol–water partition coefficient (Wildman–Crippen LogP) is 4.31. The van der Waals surface area contributed by atoms with Gasteiger partial charge in [0, 0.05) is 18.7 Å². The molecule has 0 amide bonds. The maximum Gasteiger partial charge on any atom is 0.144 e. The van der Waals surface area contributed by atoms with E-state index in [-0.39, 0.29) is 17.2 Å². The Labute approximate surface area is 126 Å². The second kappa shape index (κ2) is 5.51. The lowest BCUT2D eigenvalue weighted by Gasteiger charge is -2.29. The number of benzene rings is 1. The number of ether oxygens (including phenoxy) is 1. The maximum atomic E-state index is 13.6. The van der Waals surface area contributed by atoms with Crippen molar-refractivity contribution in [2.24, 2.45) is 0 Å². The lowest BCUT2D eigenvalue weighted by atomic mass is 10.0. The summed E-state index contributed by atoms with van der Waals surface area (Å²) in [5, 5.41) is 0.111. The zero-order valence-corrected chi connectivity index (χ0v) is 12.6. The summed E-state index contributed by atoms with van der Waals surface area (Å²) in [6.45, 7) is 2.76. The fourth-order valence-corrected chi connectivity index (χ4v) is 3.20. The Balaban J connectivity index is 2.14. The monoisotopic (exact) mass is 316 g/mol. The Hall–Kier alpha value is -0.840. The number of halogens is 3. The molecule has 3 nitrogen and oxygen atoms in total. The Morgan fingerprint density at radius 3 is 3.00 bits per heavy atom. The first-order valence-electron chi connectivity index (χ1n) is 6.63. The number of aromatic nitrogens is 2. The van der Waals surface area contributed by atoms with Crippen LogP contribution in [0.2, 0.25) is 5.02 Å². The van der Waals surface area contributed by atoms with Gasteiger partial charge < -0.3 is 9.30 Å². The highest BCUT2D eigenvalue weighted by Gasteiger charge is 2.25. The molecule has 0 saturated carbocycles. The van der Waals surface area contributed by atoms with E-state index in [4.69, 9.17) is 27.9 Å². The summed E-state index contributed by atoms with van der Waals surface area (Å²) in [5.41, 5.74) is 1.44. The average Bonchev–Trinajstić information content (AvgIpc) is 2.77. The minimum absolute atomic E-state index is 0.111. The summed E-state index contributed by atoms with van der Waals surface area (Å²) in [6.07, 6.45) is 1.99. The lowest BCUT2D eigenvalue weighted by Crippen LogP contribution is -2.26. The topological polar surface area (TPSA) is 27.1 Å². The van der Waals surface area contributed by atoms with Crippen LogP contribution in [0, 0.1) is 5.82 Å². The van der Waals surface area contributed by atoms with E-state index in [1.807, 2.05) is 0 Å². The number of fused-ring (bicyclic) bond motifs is 1. The number of hydrogen-bond acceptors (Lipinski definition) is 2. The number of imidazole rings is 1. The van der Waals surface area contributed by atoms with Crippen molar-refractivity contribution in [2.75, 3.05) is 6.61 Å². The molecule has 0 bridgehead atoms. The average molecular weight is 317 g/mol. The molecule has 1 saturated heterocycles. The molecule has 2 unspecified atom stereocenters. The van der Waals surface area contributed by atoms with Crippen LogP contribution in [0.25, 0.3) is 11.0 Å². The van der Waals surface area contributed by atoms with Gasteiger partial charge in [-0.1, -0.05) is 11.6 Å². The van der Waals surface area contributed by atoms with Gasteiger partial charge in [0.05, 0.1) is 28.0 Å². The molecule has 1 aromatic carbocycles. The van der Waals surface area contributed by atoms with E-state index in [2.05, 4.69) is 16.5 Å². The van der Waals surface area contributed by atoms with Crippen LogP contribution in [0.3, 0.4) is 0 Å². The first-order valence-corrected chi connectivity index (χ1v) is 7.55. The van der Waals surface area contributed by atoms with Gasteiger partial charge in [-0.2, -0.15) is 0 Å². The second-order valence-corrected chi connectivity index (χ2v) is 5.82. The van der Waals surface area contributed by atoms with Gasteiger partial charge in [0.25, 0.3) is 0 Å². The van der Waals surface area contributed by atoms with Crippen molar-refractivity contribution in [1.82, 2.24) is 9.55 Å². The molecule has 0 spiro atoms. The summed E-state index contributed by atoms with van der Waals surface area (Å²) in [5.74, 6) is 0.590. The van der Waals surface area contributed by atoms with Crippen molar-refractivity contribution in [3.63, 3.8) is 0 Å². The van der Waals surface area contributed by atoms with Crippen molar-refractivity contribution in [3.05, 3.63) is 28.8 Å². The minimum Gasteiger partial charge on any atom is -0.378 e. The zero-order valence-electron chi connectivity index (χ0n) is 11.1. The molecule has 108 valence electrons. The minimum atomic E-state index is -0.453. The summed E-state index contributed by atoms with van der Waals surface area (Å²) in [4.78, 5) is 4.42. The molecule has 6 heteroatoms. The predicted molar refractivity (Wildman–Crippen MR) is 77.9 cm³/mol. The number of nitrogens with zero attached hydrogens (tertiary/aromatic N) is 2. The molecule has 0 radical (unpaired) electrons. The molecular formula is C14H15Cl2FN2O. The smallest absolute Gasteiger partial charge is 0.144 e. The third-order valence-electron chi connectivity index (χ3n) is 3.75. The van der Waals surface area contributed by atoms with Crippen molar-refractivity contribution in [2.45, 2.75) is 37.8 Å². The number of hydrogen-bond donors (Lipinski definition) is 0. The van der Waals surface area contributed by atoms with Gasteiger partial charge in [0.2, 0.25) is 0 Å². The molecule has 0 N–H and O–H groups in total. The zero-order chi connectivity index (χ0) is 14.3. The molecule has 20 heavy (non-hydrogen) atoms. The molecule has 1 aromatic heterocycles. The van der Waals surface area contributed by atoms with Crippen LogP contribution in [-0.4, -0.2) is 22.3 Å². The number of rotatable bonds is 2. The SMILES string of the molecule is CC1CC(n2c(CCl)nc3cc(F)c(Cl)cc32)CCO1. The van der Waals surface area contributed by atoms with Crippen molar-refractivity contribution >= 4 is 34.2 Å².